The highest BCUT2D eigenvalue weighted by Gasteiger charge is 2.16. The molecule has 0 fully saturated rings. The summed E-state index contributed by atoms with van der Waals surface area (Å²) in [6, 6.07) is 8.23. The minimum absolute atomic E-state index is 0.238. The molecule has 0 aliphatic heterocycles. The molecule has 0 saturated carbocycles. The van der Waals surface area contributed by atoms with Crippen LogP contribution in [0.4, 0.5) is 0 Å². The van der Waals surface area contributed by atoms with Crippen LogP contribution in [-0.2, 0) is 16.6 Å². The lowest BCUT2D eigenvalue weighted by Gasteiger charge is -2.03. The number of hydrogen-bond donors (Lipinski definition) is 0. The molecule has 0 amide bonds. The van der Waals surface area contributed by atoms with Crippen molar-refractivity contribution in [1.29, 1.82) is 0 Å². The van der Waals surface area contributed by atoms with Crippen molar-refractivity contribution in [2.75, 3.05) is 12.4 Å². The molecule has 0 spiro atoms. The third-order valence-corrected chi connectivity index (χ3v) is 5.14. The van der Waals surface area contributed by atoms with E-state index in [4.69, 9.17) is 4.74 Å². The number of carbonyl (C=O) groups excluding carboxylic acids is 1. The van der Waals surface area contributed by atoms with Gasteiger partial charge in [0.1, 0.15) is 0 Å². The van der Waals surface area contributed by atoms with Crippen molar-refractivity contribution < 1.29 is 9.53 Å². The average Bonchev–Trinajstić information content (AvgIpc) is 3.09. The highest BCUT2D eigenvalue weighted by molar-refractivity contribution is 7.99. The highest BCUT2D eigenvalue weighted by Crippen LogP contribution is 2.33. The van der Waals surface area contributed by atoms with Gasteiger partial charge in [-0.2, -0.15) is 0 Å². The molecule has 1 aromatic carbocycles. The monoisotopic (exact) mass is 333 g/mol. The molecule has 0 atom stereocenters. The SMILES string of the molecule is CCOC(=O)CSc1nnc(-c2csc3ccccc23)n1C. The fraction of sp³-hybridized carbons (Fsp3) is 0.267. The number of nitrogens with zero attached hydrogens (tertiary/aromatic N) is 3. The Morgan fingerprint density at radius 1 is 1.36 bits per heavy atom. The third kappa shape index (κ3) is 2.86. The highest BCUT2D eigenvalue weighted by atomic mass is 32.2. The molecule has 2 aromatic heterocycles. The Hall–Kier alpha value is -1.86. The van der Waals surface area contributed by atoms with Gasteiger partial charge in [-0.15, -0.1) is 21.5 Å². The predicted octanol–water partition coefficient (Wildman–Crippen LogP) is 3.35. The number of thiophene rings is 1. The lowest BCUT2D eigenvalue weighted by atomic mass is 10.2. The van der Waals surface area contributed by atoms with E-state index in [0.29, 0.717) is 11.8 Å². The molecule has 2 heterocycles. The Morgan fingerprint density at radius 3 is 3.00 bits per heavy atom. The van der Waals surface area contributed by atoms with Crippen LogP contribution in [0.25, 0.3) is 21.5 Å². The van der Waals surface area contributed by atoms with Crippen molar-refractivity contribution in [2.45, 2.75) is 12.1 Å². The number of esters is 1. The molecule has 0 aliphatic rings. The second-order valence-electron chi connectivity index (χ2n) is 4.60. The second kappa shape index (κ2) is 6.50. The number of fused-ring (bicyclic) bond motifs is 1. The van der Waals surface area contributed by atoms with Gasteiger partial charge >= 0.3 is 5.97 Å². The maximum atomic E-state index is 11.4. The van der Waals surface area contributed by atoms with E-state index in [2.05, 4.69) is 27.7 Å². The number of thioether (sulfide) groups is 1. The molecule has 22 heavy (non-hydrogen) atoms. The number of rotatable bonds is 5. The smallest absolute Gasteiger partial charge is 0.316 e. The Morgan fingerprint density at radius 2 is 2.18 bits per heavy atom. The van der Waals surface area contributed by atoms with Crippen LogP contribution < -0.4 is 0 Å². The van der Waals surface area contributed by atoms with Gasteiger partial charge in [-0.05, 0) is 13.0 Å². The van der Waals surface area contributed by atoms with Gasteiger partial charge in [0, 0.05) is 28.1 Å². The molecule has 114 valence electrons. The van der Waals surface area contributed by atoms with Gasteiger partial charge in [-0.3, -0.25) is 4.79 Å². The van der Waals surface area contributed by atoms with Crippen molar-refractivity contribution in [1.82, 2.24) is 14.8 Å². The van der Waals surface area contributed by atoms with Crippen molar-refractivity contribution >= 4 is 39.2 Å². The van der Waals surface area contributed by atoms with Crippen molar-refractivity contribution in [3.63, 3.8) is 0 Å². The van der Waals surface area contributed by atoms with E-state index in [0.717, 1.165) is 11.4 Å². The standard InChI is InChI=1S/C15H15N3O2S2/c1-3-20-13(19)9-22-15-17-16-14(18(15)2)11-8-21-12-7-5-4-6-10(11)12/h4-8H,3,9H2,1-2H3. The zero-order valence-corrected chi connectivity index (χ0v) is 13.9. The molecular formula is C15H15N3O2S2. The lowest BCUT2D eigenvalue weighted by Crippen LogP contribution is -2.07. The molecule has 0 bridgehead atoms. The zero-order valence-electron chi connectivity index (χ0n) is 12.3. The second-order valence-corrected chi connectivity index (χ2v) is 6.46. The third-order valence-electron chi connectivity index (χ3n) is 3.18. The first kappa shape index (κ1) is 15.1. The van der Waals surface area contributed by atoms with E-state index in [1.165, 1.54) is 21.8 Å². The topological polar surface area (TPSA) is 57.0 Å². The minimum atomic E-state index is -0.238. The van der Waals surface area contributed by atoms with Crippen LogP contribution in [0, 0.1) is 0 Å². The summed E-state index contributed by atoms with van der Waals surface area (Å²) in [5.74, 6) is 0.811. The predicted molar refractivity (Wildman–Crippen MR) is 89.2 cm³/mol. The number of aromatic nitrogens is 3. The maximum absolute atomic E-state index is 11.4. The largest absolute Gasteiger partial charge is 0.465 e. The van der Waals surface area contributed by atoms with E-state index in [1.54, 1.807) is 18.3 Å². The quantitative estimate of drug-likeness (QED) is 0.529. The number of carbonyl (C=O) groups is 1. The molecule has 5 nitrogen and oxygen atoms in total. The summed E-state index contributed by atoms with van der Waals surface area (Å²) < 4.78 is 8.06. The van der Waals surface area contributed by atoms with Crippen LogP contribution in [0.2, 0.25) is 0 Å². The molecule has 0 saturated heterocycles. The van der Waals surface area contributed by atoms with Gasteiger partial charge in [0.05, 0.1) is 12.4 Å². The lowest BCUT2D eigenvalue weighted by molar-refractivity contribution is -0.139. The van der Waals surface area contributed by atoms with E-state index < -0.39 is 0 Å². The first-order valence-corrected chi connectivity index (χ1v) is 8.71. The summed E-state index contributed by atoms with van der Waals surface area (Å²) in [4.78, 5) is 11.4. The number of benzene rings is 1. The normalized spacial score (nSPS) is 11.0. The Bertz CT molecular complexity index is 810. The molecule has 3 aromatic rings. The van der Waals surface area contributed by atoms with Crippen LogP contribution in [0.15, 0.2) is 34.8 Å². The van der Waals surface area contributed by atoms with Crippen LogP contribution in [0.5, 0.6) is 0 Å². The van der Waals surface area contributed by atoms with Gasteiger partial charge in [-0.25, -0.2) is 0 Å². The summed E-state index contributed by atoms with van der Waals surface area (Å²) in [7, 11) is 1.91. The maximum Gasteiger partial charge on any atom is 0.316 e. The van der Waals surface area contributed by atoms with Crippen LogP contribution in [0.1, 0.15) is 6.92 Å². The van der Waals surface area contributed by atoms with Gasteiger partial charge in [-0.1, -0.05) is 30.0 Å². The average molecular weight is 333 g/mol. The van der Waals surface area contributed by atoms with Gasteiger partial charge in [0.25, 0.3) is 0 Å². The molecule has 0 aliphatic carbocycles. The Balaban J connectivity index is 1.86. The molecular weight excluding hydrogens is 318 g/mol. The van der Waals surface area contributed by atoms with Gasteiger partial charge < -0.3 is 9.30 Å². The van der Waals surface area contributed by atoms with E-state index in [1.807, 2.05) is 23.7 Å². The van der Waals surface area contributed by atoms with E-state index in [9.17, 15) is 4.79 Å². The fourth-order valence-electron chi connectivity index (χ4n) is 2.15. The number of ether oxygens (including phenoxy) is 1. The van der Waals surface area contributed by atoms with Crippen molar-refractivity contribution in [2.24, 2.45) is 7.05 Å². The Kier molecular flexibility index (Phi) is 4.44. The molecule has 0 radical (unpaired) electrons. The summed E-state index contributed by atoms with van der Waals surface area (Å²) in [6.07, 6.45) is 0. The summed E-state index contributed by atoms with van der Waals surface area (Å²) in [5.41, 5.74) is 1.07. The molecule has 7 heteroatoms. The van der Waals surface area contributed by atoms with Crippen LogP contribution in [-0.4, -0.2) is 33.1 Å². The summed E-state index contributed by atoms with van der Waals surface area (Å²) >= 11 is 3.03. The van der Waals surface area contributed by atoms with Gasteiger partial charge in [0.15, 0.2) is 11.0 Å². The molecule has 0 unspecified atom stereocenters. The first-order chi connectivity index (χ1) is 10.7. The summed E-state index contributed by atoms with van der Waals surface area (Å²) in [5, 5.41) is 12.4. The van der Waals surface area contributed by atoms with Crippen molar-refractivity contribution in [3.05, 3.63) is 29.6 Å². The fourth-order valence-corrected chi connectivity index (χ4v) is 3.80. The number of hydrogen-bond acceptors (Lipinski definition) is 6. The van der Waals surface area contributed by atoms with E-state index in [-0.39, 0.29) is 11.7 Å². The first-order valence-electron chi connectivity index (χ1n) is 6.85. The molecule has 0 N–H and O–H groups in total. The van der Waals surface area contributed by atoms with Crippen LogP contribution >= 0.6 is 23.1 Å². The summed E-state index contributed by atoms with van der Waals surface area (Å²) in [6.45, 7) is 2.19. The molecule has 3 rings (SSSR count). The Labute approximate surface area is 136 Å². The van der Waals surface area contributed by atoms with Crippen molar-refractivity contribution in [3.8, 4) is 11.4 Å². The zero-order chi connectivity index (χ0) is 15.5. The van der Waals surface area contributed by atoms with E-state index >= 15 is 0 Å². The van der Waals surface area contributed by atoms with Crippen LogP contribution in [0.3, 0.4) is 0 Å². The minimum Gasteiger partial charge on any atom is -0.465 e. The van der Waals surface area contributed by atoms with Gasteiger partial charge in [0.2, 0.25) is 0 Å².